The average Bonchev–Trinajstić information content (AvgIpc) is 3.27. The summed E-state index contributed by atoms with van der Waals surface area (Å²) in [6.07, 6.45) is 4.48. The van der Waals surface area contributed by atoms with E-state index in [1.54, 1.807) is 0 Å². The molecule has 2 heterocycles. The molecule has 2 aliphatic heterocycles. The molecule has 0 aromatic heterocycles. The number of nitrogens with zero attached hydrogens (tertiary/aromatic N) is 2. The smallest absolute Gasteiger partial charge is 0.251 e. The van der Waals surface area contributed by atoms with Crippen molar-refractivity contribution in [1.29, 1.82) is 0 Å². The molecule has 0 spiro atoms. The summed E-state index contributed by atoms with van der Waals surface area (Å²) in [5, 5.41) is 2.99. The zero-order valence-electron chi connectivity index (χ0n) is 16.4. The molecule has 3 rings (SSSR count). The number of sulfone groups is 1. The zero-order valence-corrected chi connectivity index (χ0v) is 17.2. The van der Waals surface area contributed by atoms with Crippen molar-refractivity contribution in [2.45, 2.75) is 44.7 Å². The number of unbranched alkanes of at least 4 members (excludes halogenated alkanes) is 1. The highest BCUT2D eigenvalue weighted by atomic mass is 32.2. The predicted molar refractivity (Wildman–Crippen MR) is 109 cm³/mol. The summed E-state index contributed by atoms with van der Waals surface area (Å²) in [5.41, 5.74) is 1.66. The van der Waals surface area contributed by atoms with Gasteiger partial charge in [-0.2, -0.15) is 0 Å². The molecule has 2 atom stereocenters. The van der Waals surface area contributed by atoms with E-state index in [1.807, 2.05) is 24.3 Å². The first kappa shape index (κ1) is 20.1. The molecule has 1 aromatic carbocycles. The van der Waals surface area contributed by atoms with Crippen molar-refractivity contribution < 1.29 is 13.2 Å². The number of hydrogen-bond acceptors (Lipinski definition) is 5. The summed E-state index contributed by atoms with van der Waals surface area (Å²) >= 11 is 0. The van der Waals surface area contributed by atoms with Crippen LogP contribution in [0.1, 0.15) is 43.0 Å². The van der Waals surface area contributed by atoms with Crippen LogP contribution in [0.15, 0.2) is 24.3 Å². The maximum absolute atomic E-state index is 12.7. The van der Waals surface area contributed by atoms with Gasteiger partial charge in [-0.1, -0.05) is 13.3 Å². The summed E-state index contributed by atoms with van der Waals surface area (Å²) in [6.45, 7) is 5.00. The van der Waals surface area contributed by atoms with Gasteiger partial charge < -0.3 is 10.2 Å². The molecule has 0 bridgehead atoms. The van der Waals surface area contributed by atoms with Crippen LogP contribution >= 0.6 is 0 Å². The highest BCUT2D eigenvalue weighted by Crippen LogP contribution is 2.23. The monoisotopic (exact) mass is 393 g/mol. The molecule has 2 fully saturated rings. The molecule has 1 aromatic rings. The normalized spacial score (nSPS) is 24.8. The van der Waals surface area contributed by atoms with E-state index in [-0.39, 0.29) is 29.5 Å². The fraction of sp³-hybridized carbons (Fsp3) is 0.650. The molecular formula is C20H31N3O3S. The molecular weight excluding hydrogens is 362 g/mol. The topological polar surface area (TPSA) is 69.7 Å². The zero-order chi connectivity index (χ0) is 19.4. The summed E-state index contributed by atoms with van der Waals surface area (Å²) in [4.78, 5) is 17.1. The van der Waals surface area contributed by atoms with Crippen LogP contribution in [0.2, 0.25) is 0 Å². The number of carbonyl (C=O) groups is 1. The number of amides is 1. The molecule has 2 aliphatic rings. The summed E-state index contributed by atoms with van der Waals surface area (Å²) in [7, 11) is -1.05. The van der Waals surface area contributed by atoms with Crippen LogP contribution in [-0.2, 0) is 9.84 Å². The molecule has 6 nitrogen and oxygen atoms in total. The number of nitrogens with one attached hydrogen (secondary N) is 1. The molecule has 0 radical (unpaired) electrons. The molecule has 1 N–H and O–H groups in total. The van der Waals surface area contributed by atoms with Crippen LogP contribution in [0.25, 0.3) is 0 Å². The van der Waals surface area contributed by atoms with Crippen molar-refractivity contribution in [3.8, 4) is 0 Å². The van der Waals surface area contributed by atoms with Crippen LogP contribution in [0.4, 0.5) is 5.69 Å². The number of rotatable bonds is 7. The first-order valence-electron chi connectivity index (χ1n) is 9.96. The Morgan fingerprint density at radius 3 is 2.48 bits per heavy atom. The van der Waals surface area contributed by atoms with E-state index in [9.17, 15) is 13.2 Å². The van der Waals surface area contributed by atoms with Gasteiger partial charge in [0.25, 0.3) is 5.91 Å². The third-order valence-corrected chi connectivity index (χ3v) is 7.38. The lowest BCUT2D eigenvalue weighted by Gasteiger charge is -2.28. The van der Waals surface area contributed by atoms with Gasteiger partial charge in [-0.15, -0.1) is 0 Å². The summed E-state index contributed by atoms with van der Waals surface area (Å²) < 4.78 is 24.3. The second-order valence-electron chi connectivity index (χ2n) is 7.79. The van der Waals surface area contributed by atoms with Crippen molar-refractivity contribution in [2.75, 3.05) is 43.1 Å². The van der Waals surface area contributed by atoms with Crippen molar-refractivity contribution in [3.05, 3.63) is 29.8 Å². The fourth-order valence-electron chi connectivity index (χ4n) is 4.04. The highest BCUT2D eigenvalue weighted by molar-refractivity contribution is 7.91. The first-order valence-corrected chi connectivity index (χ1v) is 11.8. The standard InChI is InChI=1S/C20H31N3O3S/c1-3-4-11-22(2)17-9-7-16(8-10-17)20(24)21-18-14-27(25,26)15-19(18)23-12-5-6-13-23/h7-10,18-19H,3-6,11-15H2,1-2H3,(H,21,24). The lowest BCUT2D eigenvalue weighted by molar-refractivity contribution is 0.0918. The van der Waals surface area contributed by atoms with Crippen LogP contribution in [0.5, 0.6) is 0 Å². The van der Waals surface area contributed by atoms with Crippen molar-refractivity contribution in [1.82, 2.24) is 10.2 Å². The second-order valence-corrected chi connectivity index (χ2v) is 9.94. The van der Waals surface area contributed by atoms with Gasteiger partial charge in [-0.05, 0) is 56.6 Å². The lowest BCUT2D eigenvalue weighted by Crippen LogP contribution is -2.50. The van der Waals surface area contributed by atoms with Gasteiger partial charge in [0.1, 0.15) is 0 Å². The van der Waals surface area contributed by atoms with Crippen molar-refractivity contribution in [2.24, 2.45) is 0 Å². The molecule has 0 aliphatic carbocycles. The predicted octanol–water partition coefficient (Wildman–Crippen LogP) is 1.91. The van der Waals surface area contributed by atoms with Gasteiger partial charge in [-0.25, -0.2) is 8.42 Å². The maximum Gasteiger partial charge on any atom is 0.251 e. The van der Waals surface area contributed by atoms with Crippen LogP contribution < -0.4 is 10.2 Å². The minimum absolute atomic E-state index is 0.0394. The van der Waals surface area contributed by atoms with Crippen LogP contribution in [0.3, 0.4) is 0 Å². The molecule has 27 heavy (non-hydrogen) atoms. The van der Waals surface area contributed by atoms with E-state index in [4.69, 9.17) is 0 Å². The van der Waals surface area contributed by atoms with E-state index < -0.39 is 9.84 Å². The molecule has 2 unspecified atom stereocenters. The van der Waals surface area contributed by atoms with Crippen molar-refractivity contribution in [3.63, 3.8) is 0 Å². The van der Waals surface area contributed by atoms with E-state index in [0.29, 0.717) is 5.56 Å². The van der Waals surface area contributed by atoms with Gasteiger partial charge >= 0.3 is 0 Å². The van der Waals surface area contributed by atoms with Gasteiger partial charge in [0.05, 0.1) is 17.5 Å². The van der Waals surface area contributed by atoms with Gasteiger partial charge in [0.15, 0.2) is 9.84 Å². The Kier molecular flexibility index (Phi) is 6.42. The average molecular weight is 394 g/mol. The largest absolute Gasteiger partial charge is 0.375 e. The Bertz CT molecular complexity index is 742. The SMILES string of the molecule is CCCCN(C)c1ccc(C(=O)NC2CS(=O)(=O)CC2N2CCCC2)cc1. The van der Waals surface area contributed by atoms with E-state index in [1.165, 1.54) is 0 Å². The van der Waals surface area contributed by atoms with E-state index in [2.05, 4.69) is 29.1 Å². The van der Waals surface area contributed by atoms with Crippen molar-refractivity contribution >= 4 is 21.4 Å². The number of anilines is 1. The van der Waals surface area contributed by atoms with Gasteiger partial charge in [0, 0.05) is 30.9 Å². The summed E-state index contributed by atoms with van der Waals surface area (Å²) in [6, 6.07) is 7.12. The number of hydrogen-bond donors (Lipinski definition) is 1. The Morgan fingerprint density at radius 1 is 1.19 bits per heavy atom. The Hall–Kier alpha value is -1.60. The summed E-state index contributed by atoms with van der Waals surface area (Å²) in [5.74, 6) is 0.000636. The molecule has 7 heteroatoms. The minimum atomic E-state index is -3.10. The Labute approximate surface area is 162 Å². The van der Waals surface area contributed by atoms with Gasteiger partial charge in [-0.3, -0.25) is 9.69 Å². The van der Waals surface area contributed by atoms with E-state index >= 15 is 0 Å². The molecule has 1 amide bonds. The minimum Gasteiger partial charge on any atom is -0.375 e. The number of benzene rings is 1. The molecule has 150 valence electrons. The van der Waals surface area contributed by atoms with E-state index in [0.717, 1.165) is 51.0 Å². The fourth-order valence-corrected chi connectivity index (χ4v) is 6.00. The van der Waals surface area contributed by atoms with Crippen LogP contribution in [-0.4, -0.2) is 69.5 Å². The third kappa shape index (κ3) is 5.02. The van der Waals surface area contributed by atoms with Gasteiger partial charge in [0.2, 0.25) is 0 Å². The Morgan fingerprint density at radius 2 is 1.85 bits per heavy atom. The number of likely N-dealkylation sites (tertiary alicyclic amines) is 1. The lowest BCUT2D eigenvalue weighted by atomic mass is 10.1. The maximum atomic E-state index is 12.7. The quantitative estimate of drug-likeness (QED) is 0.766. The molecule has 0 saturated carbocycles. The second kappa shape index (κ2) is 8.61. The Balaban J connectivity index is 1.65. The van der Waals surface area contributed by atoms with Crippen LogP contribution in [0, 0.1) is 0 Å². The number of carbonyl (C=O) groups excluding carboxylic acids is 1. The highest BCUT2D eigenvalue weighted by Gasteiger charge is 2.42. The first-order chi connectivity index (χ1) is 12.9. The third-order valence-electron chi connectivity index (χ3n) is 5.67. The molecule has 2 saturated heterocycles.